The van der Waals surface area contributed by atoms with Crippen LogP contribution in [-0.2, 0) is 9.59 Å². The lowest BCUT2D eigenvalue weighted by molar-refractivity contribution is -0.129. The maximum atomic E-state index is 12.0. The van der Waals surface area contributed by atoms with Crippen molar-refractivity contribution in [3.05, 3.63) is 64.2 Å². The summed E-state index contributed by atoms with van der Waals surface area (Å²) >= 11 is 5.94. The molecule has 0 saturated carbocycles. The predicted octanol–water partition coefficient (Wildman–Crippen LogP) is 2.30. The zero-order valence-corrected chi connectivity index (χ0v) is 16.4. The molecule has 0 aliphatic carbocycles. The molecule has 0 radical (unpaired) electrons. The van der Waals surface area contributed by atoms with Gasteiger partial charge in [-0.1, -0.05) is 41.9 Å². The highest BCUT2D eigenvalue weighted by molar-refractivity contribution is 6.33. The van der Waals surface area contributed by atoms with Crippen molar-refractivity contribution in [2.45, 2.75) is 20.3 Å². The second kappa shape index (κ2) is 10.3. The molecule has 0 atom stereocenters. The number of hydrazine groups is 1. The SMILES string of the molecule is Cc1cccc(C)c1OCC(=O)NNC(=O)CCNC(=O)c1ccccc1Cl. The summed E-state index contributed by atoms with van der Waals surface area (Å²) in [5.41, 5.74) is 6.73. The Morgan fingerprint density at radius 3 is 2.25 bits per heavy atom. The van der Waals surface area contributed by atoms with E-state index in [1.807, 2.05) is 32.0 Å². The monoisotopic (exact) mass is 403 g/mol. The normalized spacial score (nSPS) is 10.1. The van der Waals surface area contributed by atoms with E-state index >= 15 is 0 Å². The van der Waals surface area contributed by atoms with E-state index in [2.05, 4.69) is 16.2 Å². The molecule has 7 nitrogen and oxygen atoms in total. The highest BCUT2D eigenvalue weighted by Gasteiger charge is 2.11. The number of carbonyl (C=O) groups is 3. The number of hydrogen-bond donors (Lipinski definition) is 3. The first-order chi connectivity index (χ1) is 13.4. The van der Waals surface area contributed by atoms with E-state index in [9.17, 15) is 14.4 Å². The van der Waals surface area contributed by atoms with Crippen molar-refractivity contribution in [2.24, 2.45) is 0 Å². The van der Waals surface area contributed by atoms with Gasteiger partial charge in [0, 0.05) is 13.0 Å². The molecule has 0 bridgehead atoms. The maximum Gasteiger partial charge on any atom is 0.276 e. The van der Waals surface area contributed by atoms with Crippen LogP contribution in [0.1, 0.15) is 27.9 Å². The fourth-order valence-electron chi connectivity index (χ4n) is 2.43. The average Bonchev–Trinajstić information content (AvgIpc) is 2.66. The molecule has 0 fully saturated rings. The first-order valence-corrected chi connectivity index (χ1v) is 9.05. The van der Waals surface area contributed by atoms with Gasteiger partial charge in [0.05, 0.1) is 10.6 Å². The lowest BCUT2D eigenvalue weighted by Gasteiger charge is -2.12. The maximum absolute atomic E-state index is 12.0. The minimum Gasteiger partial charge on any atom is -0.483 e. The highest BCUT2D eigenvalue weighted by Crippen LogP contribution is 2.21. The fraction of sp³-hybridized carbons (Fsp3) is 0.250. The van der Waals surface area contributed by atoms with E-state index < -0.39 is 11.8 Å². The molecule has 0 spiro atoms. The Kier molecular flexibility index (Phi) is 7.83. The van der Waals surface area contributed by atoms with Gasteiger partial charge in [0.25, 0.3) is 11.8 Å². The zero-order valence-electron chi connectivity index (χ0n) is 15.7. The molecule has 2 aromatic carbocycles. The van der Waals surface area contributed by atoms with Gasteiger partial charge in [-0.15, -0.1) is 0 Å². The summed E-state index contributed by atoms with van der Waals surface area (Å²) in [6.45, 7) is 3.65. The summed E-state index contributed by atoms with van der Waals surface area (Å²) < 4.78 is 5.50. The van der Waals surface area contributed by atoms with Crippen LogP contribution in [0, 0.1) is 13.8 Å². The third-order valence-electron chi connectivity index (χ3n) is 3.85. The molecule has 0 saturated heterocycles. The minimum atomic E-state index is -0.490. The summed E-state index contributed by atoms with van der Waals surface area (Å²) in [6, 6.07) is 12.3. The van der Waals surface area contributed by atoms with Crippen LogP contribution in [-0.4, -0.2) is 30.9 Å². The molecule has 0 aliphatic heterocycles. The van der Waals surface area contributed by atoms with Crippen LogP contribution in [0.2, 0.25) is 5.02 Å². The molecule has 28 heavy (non-hydrogen) atoms. The van der Waals surface area contributed by atoms with Crippen LogP contribution in [0.3, 0.4) is 0 Å². The Labute approximate surface area is 168 Å². The molecule has 148 valence electrons. The Morgan fingerprint density at radius 1 is 0.929 bits per heavy atom. The highest BCUT2D eigenvalue weighted by atomic mass is 35.5. The van der Waals surface area contributed by atoms with E-state index in [0.29, 0.717) is 16.3 Å². The minimum absolute atomic E-state index is 0.00572. The van der Waals surface area contributed by atoms with E-state index in [-0.39, 0.29) is 25.5 Å². The number of hydrogen-bond acceptors (Lipinski definition) is 4. The van der Waals surface area contributed by atoms with Gasteiger partial charge in [-0.25, -0.2) is 0 Å². The van der Waals surface area contributed by atoms with Crippen molar-refractivity contribution in [1.82, 2.24) is 16.2 Å². The number of benzene rings is 2. The molecule has 2 rings (SSSR count). The number of rotatable bonds is 7. The number of nitrogens with one attached hydrogen (secondary N) is 3. The van der Waals surface area contributed by atoms with Crippen molar-refractivity contribution in [2.75, 3.05) is 13.2 Å². The lowest BCUT2D eigenvalue weighted by Crippen LogP contribution is -2.44. The van der Waals surface area contributed by atoms with Crippen molar-refractivity contribution in [3.63, 3.8) is 0 Å². The van der Waals surface area contributed by atoms with Gasteiger partial charge in [-0.2, -0.15) is 0 Å². The van der Waals surface area contributed by atoms with Gasteiger partial charge < -0.3 is 10.1 Å². The Balaban J connectivity index is 1.67. The van der Waals surface area contributed by atoms with Gasteiger partial charge in [-0.05, 0) is 37.1 Å². The number of para-hydroxylation sites is 1. The third-order valence-corrected chi connectivity index (χ3v) is 4.18. The zero-order chi connectivity index (χ0) is 20.5. The lowest BCUT2D eigenvalue weighted by atomic mass is 10.1. The van der Waals surface area contributed by atoms with Gasteiger partial charge in [0.15, 0.2) is 6.61 Å². The summed E-state index contributed by atoms with van der Waals surface area (Å²) in [4.78, 5) is 35.6. The molecule has 8 heteroatoms. The molecule has 0 aliphatic rings. The second-order valence-electron chi connectivity index (χ2n) is 6.09. The van der Waals surface area contributed by atoms with E-state index in [1.54, 1.807) is 24.3 Å². The van der Waals surface area contributed by atoms with Crippen molar-refractivity contribution >= 4 is 29.3 Å². The Hall–Kier alpha value is -3.06. The molecule has 0 heterocycles. The number of halogens is 1. The van der Waals surface area contributed by atoms with E-state index in [1.165, 1.54) is 0 Å². The van der Waals surface area contributed by atoms with Crippen LogP contribution >= 0.6 is 11.6 Å². The van der Waals surface area contributed by atoms with Crippen molar-refractivity contribution in [3.8, 4) is 5.75 Å². The van der Waals surface area contributed by atoms with Crippen LogP contribution in [0.5, 0.6) is 5.75 Å². The predicted molar refractivity (Wildman–Crippen MR) is 106 cm³/mol. The van der Waals surface area contributed by atoms with Gasteiger partial charge in [0.1, 0.15) is 5.75 Å². The first-order valence-electron chi connectivity index (χ1n) is 8.68. The molecular weight excluding hydrogens is 382 g/mol. The van der Waals surface area contributed by atoms with Gasteiger partial charge >= 0.3 is 0 Å². The standard InChI is InChI=1S/C20H22ClN3O4/c1-13-6-5-7-14(2)19(13)28-12-18(26)24-23-17(25)10-11-22-20(27)15-8-3-4-9-16(15)21/h3-9H,10-12H2,1-2H3,(H,22,27)(H,23,25)(H,24,26). The van der Waals surface area contributed by atoms with Crippen LogP contribution < -0.4 is 20.9 Å². The smallest absolute Gasteiger partial charge is 0.276 e. The second-order valence-corrected chi connectivity index (χ2v) is 6.50. The quantitative estimate of drug-likeness (QED) is 0.618. The average molecular weight is 404 g/mol. The van der Waals surface area contributed by atoms with Gasteiger partial charge in [0.2, 0.25) is 5.91 Å². The molecule has 2 aromatic rings. The summed E-state index contributed by atoms with van der Waals surface area (Å²) in [7, 11) is 0. The summed E-state index contributed by atoms with van der Waals surface area (Å²) in [5, 5.41) is 2.93. The Morgan fingerprint density at radius 2 is 1.57 bits per heavy atom. The van der Waals surface area contributed by atoms with Crippen LogP contribution in [0.15, 0.2) is 42.5 Å². The fourth-order valence-corrected chi connectivity index (χ4v) is 2.65. The van der Waals surface area contributed by atoms with Crippen LogP contribution in [0.4, 0.5) is 0 Å². The van der Waals surface area contributed by atoms with Crippen molar-refractivity contribution < 1.29 is 19.1 Å². The number of carbonyl (C=O) groups excluding carboxylic acids is 3. The molecule has 3 N–H and O–H groups in total. The number of ether oxygens (including phenoxy) is 1. The first kappa shape index (κ1) is 21.2. The molecule has 3 amide bonds. The molecular formula is C20H22ClN3O4. The van der Waals surface area contributed by atoms with Crippen LogP contribution in [0.25, 0.3) is 0 Å². The van der Waals surface area contributed by atoms with E-state index in [0.717, 1.165) is 11.1 Å². The topological polar surface area (TPSA) is 96.5 Å². The third kappa shape index (κ3) is 6.28. The molecule has 0 unspecified atom stereocenters. The van der Waals surface area contributed by atoms with Gasteiger partial charge in [-0.3, -0.25) is 25.2 Å². The number of amides is 3. The number of aryl methyl sites for hydroxylation is 2. The molecule has 0 aromatic heterocycles. The Bertz CT molecular complexity index is 850. The largest absolute Gasteiger partial charge is 0.483 e. The summed E-state index contributed by atoms with van der Waals surface area (Å²) in [6.07, 6.45) is -0.00572. The summed E-state index contributed by atoms with van der Waals surface area (Å²) in [5.74, 6) is -0.660. The van der Waals surface area contributed by atoms with E-state index in [4.69, 9.17) is 16.3 Å². The van der Waals surface area contributed by atoms with Crippen molar-refractivity contribution in [1.29, 1.82) is 0 Å².